The summed E-state index contributed by atoms with van der Waals surface area (Å²) >= 11 is 0. The molecular formula is C38H31FO4. The highest BCUT2D eigenvalue weighted by Gasteiger charge is 2.08. The molecule has 4 rings (SSSR count). The van der Waals surface area contributed by atoms with Gasteiger partial charge in [0.05, 0.1) is 0 Å². The van der Waals surface area contributed by atoms with Gasteiger partial charge in [0, 0.05) is 22.3 Å². The standard InChI is InChI=1S/C38H31FO4/c1-26(2)37(40)42-34-23-18-30(19-24-34)15-20-32-21-17-31(25-35(32)39)14-13-28-9-11-29(12-10-28)16-22-33-7-5-6-8-36(33)43-38(41)27(3)4/h5-25H,1,3H2,2,4H3. The Kier molecular flexibility index (Phi) is 10.2. The molecule has 214 valence electrons. The molecule has 0 aromatic heterocycles. The molecule has 4 nitrogen and oxygen atoms in total. The molecule has 5 heteroatoms. The number of halogens is 1. The summed E-state index contributed by atoms with van der Waals surface area (Å²) in [4.78, 5) is 23.6. The zero-order valence-corrected chi connectivity index (χ0v) is 24.0. The van der Waals surface area contributed by atoms with E-state index < -0.39 is 11.9 Å². The van der Waals surface area contributed by atoms with Gasteiger partial charge in [-0.25, -0.2) is 14.0 Å². The van der Waals surface area contributed by atoms with Crippen molar-refractivity contribution >= 4 is 48.4 Å². The maximum atomic E-state index is 14.8. The lowest BCUT2D eigenvalue weighted by atomic mass is 10.1. The topological polar surface area (TPSA) is 52.6 Å². The first kappa shape index (κ1) is 30.4. The molecule has 0 N–H and O–H groups in total. The molecule has 0 amide bonds. The summed E-state index contributed by atoms with van der Waals surface area (Å²) in [6.07, 6.45) is 11.1. The molecular weight excluding hydrogens is 539 g/mol. The van der Waals surface area contributed by atoms with E-state index in [1.807, 2.05) is 72.8 Å². The summed E-state index contributed by atoms with van der Waals surface area (Å²) in [6, 6.07) is 27.2. The highest BCUT2D eigenvalue weighted by molar-refractivity contribution is 5.90. The fraction of sp³-hybridized carbons (Fsp3) is 0.0526. The smallest absolute Gasteiger partial charge is 0.338 e. The monoisotopic (exact) mass is 570 g/mol. The van der Waals surface area contributed by atoms with Gasteiger partial charge in [-0.3, -0.25) is 0 Å². The molecule has 0 aliphatic heterocycles. The molecule has 4 aromatic carbocycles. The van der Waals surface area contributed by atoms with Gasteiger partial charge in [0.25, 0.3) is 0 Å². The van der Waals surface area contributed by atoms with Crippen molar-refractivity contribution in [2.24, 2.45) is 0 Å². The Labute approximate surface area is 251 Å². The van der Waals surface area contributed by atoms with Crippen molar-refractivity contribution in [1.29, 1.82) is 0 Å². The molecule has 0 fully saturated rings. The van der Waals surface area contributed by atoms with Crippen molar-refractivity contribution in [3.8, 4) is 11.5 Å². The van der Waals surface area contributed by atoms with Crippen LogP contribution in [0.4, 0.5) is 4.39 Å². The van der Waals surface area contributed by atoms with E-state index in [-0.39, 0.29) is 5.82 Å². The minimum atomic E-state index is -0.479. The minimum Gasteiger partial charge on any atom is -0.423 e. The number of hydrogen-bond acceptors (Lipinski definition) is 4. The molecule has 0 aliphatic carbocycles. The second kappa shape index (κ2) is 14.4. The second-order valence-corrected chi connectivity index (χ2v) is 9.89. The van der Waals surface area contributed by atoms with E-state index in [1.54, 1.807) is 62.4 Å². The zero-order chi connectivity index (χ0) is 30.8. The number of ether oxygens (including phenoxy) is 2. The van der Waals surface area contributed by atoms with Crippen LogP contribution in [0, 0.1) is 5.82 Å². The summed E-state index contributed by atoms with van der Waals surface area (Å²) in [5, 5.41) is 0. The molecule has 43 heavy (non-hydrogen) atoms. The summed E-state index contributed by atoms with van der Waals surface area (Å²) in [5.74, 6) is -0.385. The number of esters is 2. The van der Waals surface area contributed by atoms with Crippen LogP contribution in [0.15, 0.2) is 115 Å². The van der Waals surface area contributed by atoms with Crippen molar-refractivity contribution in [2.75, 3.05) is 0 Å². The first-order valence-corrected chi connectivity index (χ1v) is 13.6. The minimum absolute atomic E-state index is 0.323. The summed E-state index contributed by atoms with van der Waals surface area (Å²) in [6.45, 7) is 10.4. The van der Waals surface area contributed by atoms with Gasteiger partial charge in [0.1, 0.15) is 17.3 Å². The third kappa shape index (κ3) is 8.97. The van der Waals surface area contributed by atoms with Gasteiger partial charge >= 0.3 is 11.9 Å². The van der Waals surface area contributed by atoms with E-state index in [0.29, 0.717) is 28.2 Å². The normalized spacial score (nSPS) is 11.2. The number of carbonyl (C=O) groups is 2. The number of rotatable bonds is 10. The molecule has 0 spiro atoms. The summed E-state index contributed by atoms with van der Waals surface area (Å²) in [7, 11) is 0. The lowest BCUT2D eigenvalue weighted by Crippen LogP contribution is -2.08. The first-order valence-electron chi connectivity index (χ1n) is 13.6. The third-order valence-electron chi connectivity index (χ3n) is 6.25. The summed E-state index contributed by atoms with van der Waals surface area (Å²) in [5.41, 5.74) is 5.42. The van der Waals surface area contributed by atoms with Crippen molar-refractivity contribution < 1.29 is 23.5 Å². The number of hydrogen-bond donors (Lipinski definition) is 0. The Hall–Kier alpha value is -5.55. The van der Waals surface area contributed by atoms with Gasteiger partial charge in [-0.1, -0.05) is 116 Å². The van der Waals surface area contributed by atoms with E-state index >= 15 is 0 Å². The van der Waals surface area contributed by atoms with E-state index in [4.69, 9.17) is 9.47 Å². The Bertz CT molecular complexity index is 1740. The molecule has 0 bridgehead atoms. The highest BCUT2D eigenvalue weighted by atomic mass is 19.1. The number of para-hydroxylation sites is 1. The van der Waals surface area contributed by atoms with Gasteiger partial charge in [0.15, 0.2) is 0 Å². The lowest BCUT2D eigenvalue weighted by molar-refractivity contribution is -0.130. The fourth-order valence-corrected chi connectivity index (χ4v) is 3.80. The second-order valence-electron chi connectivity index (χ2n) is 9.89. The molecule has 4 aromatic rings. The Morgan fingerprint density at radius 1 is 0.581 bits per heavy atom. The maximum Gasteiger partial charge on any atom is 0.338 e. The van der Waals surface area contributed by atoms with Gasteiger partial charge in [-0.05, 0) is 60.4 Å². The molecule has 0 aliphatic rings. The quantitative estimate of drug-likeness (QED) is 0.0825. The number of carbonyl (C=O) groups excluding carboxylic acids is 2. The van der Waals surface area contributed by atoms with Crippen LogP contribution in [0.2, 0.25) is 0 Å². The van der Waals surface area contributed by atoms with E-state index in [9.17, 15) is 14.0 Å². The van der Waals surface area contributed by atoms with Crippen LogP contribution in [0.5, 0.6) is 11.5 Å². The van der Waals surface area contributed by atoms with Gasteiger partial charge in [-0.15, -0.1) is 0 Å². The fourth-order valence-electron chi connectivity index (χ4n) is 3.80. The highest BCUT2D eigenvalue weighted by Crippen LogP contribution is 2.22. The first-order chi connectivity index (χ1) is 20.7. The van der Waals surface area contributed by atoms with E-state index in [1.165, 1.54) is 6.07 Å². The van der Waals surface area contributed by atoms with Crippen molar-refractivity contribution in [3.63, 3.8) is 0 Å². The van der Waals surface area contributed by atoms with E-state index in [2.05, 4.69) is 13.2 Å². The molecule has 0 saturated carbocycles. The maximum absolute atomic E-state index is 14.8. The van der Waals surface area contributed by atoms with Crippen molar-refractivity contribution in [2.45, 2.75) is 13.8 Å². The summed E-state index contributed by atoms with van der Waals surface area (Å²) < 4.78 is 25.4. The Morgan fingerprint density at radius 3 is 1.63 bits per heavy atom. The molecule has 0 saturated heterocycles. The van der Waals surface area contributed by atoms with Crippen LogP contribution in [0.25, 0.3) is 36.5 Å². The van der Waals surface area contributed by atoms with Crippen molar-refractivity contribution in [1.82, 2.24) is 0 Å². The average Bonchev–Trinajstić information content (AvgIpc) is 3.00. The predicted octanol–water partition coefficient (Wildman–Crippen LogP) is 9.30. The van der Waals surface area contributed by atoms with Gasteiger partial charge in [0.2, 0.25) is 0 Å². The molecule has 0 unspecified atom stereocenters. The molecule has 0 radical (unpaired) electrons. The van der Waals surface area contributed by atoms with Crippen LogP contribution in [0.1, 0.15) is 47.2 Å². The van der Waals surface area contributed by atoms with Crippen LogP contribution in [-0.2, 0) is 9.59 Å². The number of benzene rings is 4. The Morgan fingerprint density at radius 2 is 1.05 bits per heavy atom. The van der Waals surface area contributed by atoms with Gasteiger partial charge < -0.3 is 9.47 Å². The van der Waals surface area contributed by atoms with Crippen LogP contribution in [0.3, 0.4) is 0 Å². The van der Waals surface area contributed by atoms with Crippen LogP contribution >= 0.6 is 0 Å². The predicted molar refractivity (Wildman–Crippen MR) is 173 cm³/mol. The largest absolute Gasteiger partial charge is 0.423 e. The van der Waals surface area contributed by atoms with Crippen LogP contribution < -0.4 is 9.47 Å². The van der Waals surface area contributed by atoms with Gasteiger partial charge in [-0.2, -0.15) is 0 Å². The SMILES string of the molecule is C=C(C)C(=O)Oc1ccc(C=Cc2ccc(C=Cc3ccc(C=Cc4ccccc4OC(=O)C(=C)C)cc3)cc2F)cc1. The van der Waals surface area contributed by atoms with Crippen LogP contribution in [-0.4, -0.2) is 11.9 Å². The lowest BCUT2D eigenvalue weighted by Gasteiger charge is -2.07. The molecule has 0 heterocycles. The zero-order valence-electron chi connectivity index (χ0n) is 24.0. The van der Waals surface area contributed by atoms with E-state index in [0.717, 1.165) is 27.8 Å². The van der Waals surface area contributed by atoms with Crippen molar-refractivity contribution in [3.05, 3.63) is 154 Å². The molecule has 0 atom stereocenters. The third-order valence-corrected chi connectivity index (χ3v) is 6.25. The Balaban J connectivity index is 1.36. The average molecular weight is 571 g/mol.